The van der Waals surface area contributed by atoms with E-state index in [2.05, 4.69) is 5.32 Å². The highest BCUT2D eigenvalue weighted by Crippen LogP contribution is 2.39. The van der Waals surface area contributed by atoms with Crippen molar-refractivity contribution in [1.82, 2.24) is 5.32 Å². The maximum atomic E-state index is 12.3. The zero-order chi connectivity index (χ0) is 24.3. The van der Waals surface area contributed by atoms with Crippen molar-refractivity contribution in [3.63, 3.8) is 0 Å². The molecule has 0 aliphatic carbocycles. The standard InChI is InChI=1S/C23H29BN2O6S/c1-22(2)23(3,4)32-24(31-22)19(14-18-12-8-9-13-20(18)33(25,28)29)15-26-21(27)30-16-17-10-6-5-7-11-17/h5-14H,15-16H2,1-4H3,(H,26,27)(H2,25,28,29). The van der Waals surface area contributed by atoms with Gasteiger partial charge in [-0.3, -0.25) is 0 Å². The largest absolute Gasteiger partial charge is 0.492 e. The van der Waals surface area contributed by atoms with Gasteiger partial charge in [-0.2, -0.15) is 0 Å². The van der Waals surface area contributed by atoms with Crippen LogP contribution in [0.4, 0.5) is 4.79 Å². The zero-order valence-electron chi connectivity index (χ0n) is 19.2. The SMILES string of the molecule is CC1(C)OB(C(=Cc2ccccc2S(N)(=O)=O)CNC(=O)OCc2ccccc2)OC1(C)C. The average molecular weight is 472 g/mol. The van der Waals surface area contributed by atoms with Crippen LogP contribution in [0.25, 0.3) is 6.08 Å². The summed E-state index contributed by atoms with van der Waals surface area (Å²) in [6.45, 7) is 7.77. The van der Waals surface area contributed by atoms with Gasteiger partial charge in [0.2, 0.25) is 10.0 Å². The number of carbonyl (C=O) groups is 1. The molecule has 0 atom stereocenters. The molecular weight excluding hydrogens is 443 g/mol. The van der Waals surface area contributed by atoms with Gasteiger partial charge >= 0.3 is 13.2 Å². The second-order valence-corrected chi connectivity index (χ2v) is 10.3. The normalized spacial score (nSPS) is 17.6. The Morgan fingerprint density at radius 3 is 2.21 bits per heavy atom. The fraction of sp³-hybridized carbons (Fsp3) is 0.348. The summed E-state index contributed by atoms with van der Waals surface area (Å²) >= 11 is 0. The molecule has 3 N–H and O–H groups in total. The molecule has 0 spiro atoms. The highest BCUT2D eigenvalue weighted by molar-refractivity contribution is 7.89. The van der Waals surface area contributed by atoms with E-state index in [1.165, 1.54) is 6.07 Å². The van der Waals surface area contributed by atoms with Gasteiger partial charge in [0.1, 0.15) is 6.61 Å². The van der Waals surface area contributed by atoms with E-state index < -0.39 is 34.4 Å². The first-order chi connectivity index (χ1) is 15.4. The Bertz CT molecular complexity index is 1120. The molecular formula is C23H29BN2O6S. The zero-order valence-corrected chi connectivity index (χ0v) is 20.0. The minimum atomic E-state index is -3.96. The maximum Gasteiger partial charge on any atom is 0.492 e. The second-order valence-electron chi connectivity index (χ2n) is 8.81. The summed E-state index contributed by atoms with van der Waals surface area (Å²) in [6.07, 6.45) is 0.986. The Labute approximate surface area is 195 Å². The number of nitrogens with one attached hydrogen (secondary N) is 1. The van der Waals surface area contributed by atoms with Crippen molar-refractivity contribution in [3.05, 3.63) is 71.2 Å². The summed E-state index contributed by atoms with van der Waals surface area (Å²) < 4.78 is 41.6. The van der Waals surface area contributed by atoms with Crippen LogP contribution >= 0.6 is 0 Å². The Morgan fingerprint density at radius 1 is 1.03 bits per heavy atom. The summed E-state index contributed by atoms with van der Waals surface area (Å²) in [5.74, 6) is 0. The Morgan fingerprint density at radius 2 is 1.61 bits per heavy atom. The lowest BCUT2D eigenvalue weighted by Crippen LogP contribution is -2.41. The van der Waals surface area contributed by atoms with E-state index >= 15 is 0 Å². The number of nitrogens with two attached hydrogens (primary N) is 1. The first-order valence-corrected chi connectivity index (χ1v) is 12.1. The molecule has 1 heterocycles. The highest BCUT2D eigenvalue weighted by atomic mass is 32.2. The van der Waals surface area contributed by atoms with E-state index in [0.29, 0.717) is 11.0 Å². The number of sulfonamides is 1. The minimum absolute atomic E-state index is 0.0173. The number of rotatable bonds is 7. The van der Waals surface area contributed by atoms with Crippen molar-refractivity contribution >= 4 is 29.3 Å². The van der Waals surface area contributed by atoms with Gasteiger partial charge in [0.25, 0.3) is 0 Å². The van der Waals surface area contributed by atoms with Gasteiger partial charge in [-0.15, -0.1) is 0 Å². The lowest BCUT2D eigenvalue weighted by atomic mass is 9.77. The highest BCUT2D eigenvalue weighted by Gasteiger charge is 2.52. The van der Waals surface area contributed by atoms with Crippen molar-refractivity contribution in [2.45, 2.75) is 50.4 Å². The number of primary sulfonamides is 1. The quantitative estimate of drug-likeness (QED) is 0.598. The van der Waals surface area contributed by atoms with Crippen molar-refractivity contribution in [2.75, 3.05) is 6.54 Å². The Hall–Kier alpha value is -2.66. The van der Waals surface area contributed by atoms with E-state index in [1.54, 1.807) is 24.3 Å². The van der Waals surface area contributed by atoms with E-state index in [1.807, 2.05) is 58.0 Å². The second kappa shape index (κ2) is 9.68. The number of alkyl carbamates (subject to hydrolysis) is 1. The number of benzene rings is 2. The van der Waals surface area contributed by atoms with Gasteiger partial charge in [-0.1, -0.05) is 54.6 Å². The summed E-state index contributed by atoms with van der Waals surface area (Å²) in [6, 6.07) is 15.6. The molecule has 33 heavy (non-hydrogen) atoms. The number of hydrogen-bond donors (Lipinski definition) is 2. The third-order valence-electron chi connectivity index (χ3n) is 5.77. The smallest absolute Gasteiger partial charge is 0.445 e. The third kappa shape index (κ3) is 6.23. The molecule has 176 valence electrons. The molecule has 1 aliphatic heterocycles. The lowest BCUT2D eigenvalue weighted by Gasteiger charge is -2.32. The molecule has 3 rings (SSSR count). The van der Waals surface area contributed by atoms with Crippen molar-refractivity contribution in [1.29, 1.82) is 0 Å². The molecule has 2 aromatic carbocycles. The fourth-order valence-electron chi connectivity index (χ4n) is 3.20. The van der Waals surface area contributed by atoms with Crippen LogP contribution in [0.15, 0.2) is 65.0 Å². The molecule has 1 amide bonds. The van der Waals surface area contributed by atoms with E-state index in [-0.39, 0.29) is 18.0 Å². The summed E-state index contributed by atoms with van der Waals surface area (Å²) in [5, 5.41) is 8.07. The predicted octanol–water partition coefficient (Wildman–Crippen LogP) is 3.28. The maximum absolute atomic E-state index is 12.3. The van der Waals surface area contributed by atoms with Gasteiger partial charge in [0.05, 0.1) is 16.1 Å². The number of hydrogen-bond acceptors (Lipinski definition) is 6. The van der Waals surface area contributed by atoms with Gasteiger partial charge in [0, 0.05) is 6.54 Å². The number of amides is 1. The van der Waals surface area contributed by atoms with Gasteiger partial charge in [-0.25, -0.2) is 18.4 Å². The molecule has 0 saturated carbocycles. The van der Waals surface area contributed by atoms with E-state index in [9.17, 15) is 13.2 Å². The fourth-order valence-corrected chi connectivity index (χ4v) is 3.93. The summed E-state index contributed by atoms with van der Waals surface area (Å²) in [5.41, 5.74) is 0.496. The van der Waals surface area contributed by atoms with Crippen LogP contribution in [0.5, 0.6) is 0 Å². The Balaban J connectivity index is 1.83. The summed E-state index contributed by atoms with van der Waals surface area (Å²) in [7, 11) is -4.76. The van der Waals surface area contributed by atoms with Crippen LogP contribution in [-0.2, 0) is 30.7 Å². The minimum Gasteiger partial charge on any atom is -0.445 e. The first-order valence-electron chi connectivity index (χ1n) is 10.5. The molecule has 0 aromatic heterocycles. The van der Waals surface area contributed by atoms with Crippen molar-refractivity contribution < 1.29 is 27.3 Å². The molecule has 1 aliphatic rings. The molecule has 10 heteroatoms. The lowest BCUT2D eigenvalue weighted by molar-refractivity contribution is 0.00578. The van der Waals surface area contributed by atoms with Gasteiger partial charge in [0.15, 0.2) is 0 Å². The predicted molar refractivity (Wildman–Crippen MR) is 127 cm³/mol. The van der Waals surface area contributed by atoms with Crippen LogP contribution in [0.3, 0.4) is 0 Å². The Kier molecular flexibility index (Phi) is 7.33. The third-order valence-corrected chi connectivity index (χ3v) is 6.76. The molecule has 1 saturated heterocycles. The van der Waals surface area contributed by atoms with E-state index in [0.717, 1.165) is 5.56 Å². The molecule has 8 nitrogen and oxygen atoms in total. The monoisotopic (exact) mass is 472 g/mol. The molecule has 0 unspecified atom stereocenters. The first kappa shape index (κ1) is 25.0. The van der Waals surface area contributed by atoms with Crippen molar-refractivity contribution in [3.8, 4) is 0 Å². The van der Waals surface area contributed by atoms with Gasteiger partial charge in [-0.05, 0) is 50.4 Å². The number of carbonyl (C=O) groups excluding carboxylic acids is 1. The molecule has 2 aromatic rings. The topological polar surface area (TPSA) is 117 Å². The van der Waals surface area contributed by atoms with Crippen LogP contribution < -0.4 is 10.5 Å². The van der Waals surface area contributed by atoms with Gasteiger partial charge < -0.3 is 19.4 Å². The summed E-state index contributed by atoms with van der Waals surface area (Å²) in [4.78, 5) is 12.3. The van der Waals surface area contributed by atoms with Crippen molar-refractivity contribution in [2.24, 2.45) is 5.14 Å². The number of ether oxygens (including phenoxy) is 1. The van der Waals surface area contributed by atoms with Crippen LogP contribution in [0, 0.1) is 0 Å². The average Bonchev–Trinajstić information content (AvgIpc) is 2.96. The molecule has 0 radical (unpaired) electrons. The van der Waals surface area contributed by atoms with E-state index in [4.69, 9.17) is 19.2 Å². The molecule has 0 bridgehead atoms. The molecule has 1 fully saturated rings. The van der Waals surface area contributed by atoms with Crippen LogP contribution in [0.2, 0.25) is 0 Å². The van der Waals surface area contributed by atoms with Crippen LogP contribution in [0.1, 0.15) is 38.8 Å². The van der Waals surface area contributed by atoms with Crippen LogP contribution in [-0.4, -0.2) is 39.4 Å².